The third kappa shape index (κ3) is 10.8. The molecule has 0 amide bonds. The van der Waals surface area contributed by atoms with E-state index in [1.165, 1.54) is 75.7 Å². The zero-order valence-corrected chi connectivity index (χ0v) is 16.4. The Hall–Kier alpha value is 0.180. The molecule has 0 aromatic rings. The molecule has 0 radical (unpaired) electrons. The van der Waals surface area contributed by atoms with E-state index in [1.807, 2.05) is 0 Å². The van der Waals surface area contributed by atoms with Crippen LogP contribution in [0.25, 0.3) is 0 Å². The molecule has 0 saturated carbocycles. The van der Waals surface area contributed by atoms with E-state index in [2.05, 4.69) is 61.7 Å². The molecule has 0 unspecified atom stereocenters. The van der Waals surface area contributed by atoms with Gasteiger partial charge in [-0.3, -0.25) is 0 Å². The summed E-state index contributed by atoms with van der Waals surface area (Å²) in [5, 5.41) is 1.26. The van der Waals surface area contributed by atoms with Crippen molar-refractivity contribution in [3.05, 3.63) is 24.3 Å². The second kappa shape index (κ2) is 14.8. The van der Waals surface area contributed by atoms with Gasteiger partial charge in [0.15, 0.2) is 0 Å². The molecule has 0 aromatic heterocycles. The third-order valence-electron chi connectivity index (χ3n) is 4.10. The van der Waals surface area contributed by atoms with E-state index < -0.39 is 0 Å². The highest BCUT2D eigenvalue weighted by Crippen LogP contribution is 2.25. The summed E-state index contributed by atoms with van der Waals surface area (Å²) in [7, 11) is 0. The summed E-state index contributed by atoms with van der Waals surface area (Å²) in [6, 6.07) is 0. The van der Waals surface area contributed by atoms with Crippen molar-refractivity contribution in [3.8, 4) is 0 Å². The first-order valence-corrected chi connectivity index (χ1v) is 11.6. The van der Waals surface area contributed by atoms with E-state index in [9.17, 15) is 0 Å². The number of unbranched alkanes of at least 4 members (excludes halogenated alkanes) is 8. The average Bonchev–Trinajstić information content (AvgIpc) is 2.55. The van der Waals surface area contributed by atoms with Gasteiger partial charge < -0.3 is 0 Å². The molecule has 0 atom stereocenters. The van der Waals surface area contributed by atoms with Crippen molar-refractivity contribution in [2.24, 2.45) is 0 Å². The normalized spacial score (nSPS) is 20.6. The molecule has 1 aliphatic carbocycles. The van der Waals surface area contributed by atoms with Gasteiger partial charge in [-0.25, -0.2) is 0 Å². The highest BCUT2D eigenvalue weighted by atomic mass is 32.2. The first-order chi connectivity index (χ1) is 10.9. The van der Waals surface area contributed by atoms with Crippen LogP contribution in [0.4, 0.5) is 0 Å². The van der Waals surface area contributed by atoms with E-state index in [0.29, 0.717) is 10.5 Å². The van der Waals surface area contributed by atoms with Crippen LogP contribution in [0.3, 0.4) is 0 Å². The lowest BCUT2D eigenvalue weighted by atomic mass is 10.2. The predicted molar refractivity (Wildman–Crippen MR) is 108 cm³/mol. The molecule has 0 bridgehead atoms. The molecule has 2 heteroatoms. The minimum atomic E-state index is 0.632. The maximum Gasteiger partial charge on any atom is 0.0408 e. The summed E-state index contributed by atoms with van der Waals surface area (Å²) in [6.45, 7) is 4.57. The number of thioether (sulfide) groups is 2. The van der Waals surface area contributed by atoms with Gasteiger partial charge in [-0.15, -0.1) is 0 Å². The van der Waals surface area contributed by atoms with Crippen LogP contribution in [0.5, 0.6) is 0 Å². The Balaban J connectivity index is 1.97. The molecule has 0 N–H and O–H groups in total. The van der Waals surface area contributed by atoms with Crippen LogP contribution in [0.1, 0.15) is 78.1 Å². The Morgan fingerprint density at radius 2 is 0.909 bits per heavy atom. The van der Waals surface area contributed by atoms with Crippen molar-refractivity contribution < 1.29 is 0 Å². The number of rotatable bonds is 14. The molecular weight excluding hydrogens is 304 g/mol. The van der Waals surface area contributed by atoms with Crippen molar-refractivity contribution in [1.82, 2.24) is 0 Å². The third-order valence-corrected chi connectivity index (χ3v) is 6.54. The molecule has 1 rings (SSSR count). The molecule has 22 heavy (non-hydrogen) atoms. The lowest BCUT2D eigenvalue weighted by Gasteiger charge is -2.16. The van der Waals surface area contributed by atoms with Crippen LogP contribution < -0.4 is 0 Å². The fourth-order valence-electron chi connectivity index (χ4n) is 2.64. The zero-order valence-electron chi connectivity index (χ0n) is 14.8. The molecule has 0 aliphatic heterocycles. The summed E-state index contributed by atoms with van der Waals surface area (Å²) < 4.78 is 0. The molecule has 0 heterocycles. The largest absolute Gasteiger partial charge is 0.150 e. The quantitative estimate of drug-likeness (QED) is 0.241. The summed E-state index contributed by atoms with van der Waals surface area (Å²) in [5.41, 5.74) is 0. The summed E-state index contributed by atoms with van der Waals surface area (Å²) in [4.78, 5) is 0. The van der Waals surface area contributed by atoms with Gasteiger partial charge in [-0.05, 0) is 24.3 Å². The minimum Gasteiger partial charge on any atom is -0.150 e. The van der Waals surface area contributed by atoms with E-state index in [0.717, 1.165) is 0 Å². The fourth-order valence-corrected chi connectivity index (χ4v) is 4.73. The second-order valence-electron chi connectivity index (χ2n) is 6.27. The van der Waals surface area contributed by atoms with Gasteiger partial charge in [0.1, 0.15) is 0 Å². The van der Waals surface area contributed by atoms with E-state index >= 15 is 0 Å². The fraction of sp³-hybridized carbons (Fsp3) is 0.800. The van der Waals surface area contributed by atoms with Gasteiger partial charge in [-0.2, -0.15) is 23.5 Å². The molecule has 0 spiro atoms. The van der Waals surface area contributed by atoms with Crippen molar-refractivity contribution in [1.29, 1.82) is 0 Å². The molecule has 128 valence electrons. The van der Waals surface area contributed by atoms with Crippen molar-refractivity contribution in [2.75, 3.05) is 11.5 Å². The van der Waals surface area contributed by atoms with Crippen LogP contribution >= 0.6 is 23.5 Å². The van der Waals surface area contributed by atoms with Gasteiger partial charge in [-0.1, -0.05) is 89.5 Å². The van der Waals surface area contributed by atoms with Crippen LogP contribution in [0.15, 0.2) is 24.3 Å². The smallest absolute Gasteiger partial charge is 0.0408 e. The van der Waals surface area contributed by atoms with E-state index in [1.54, 1.807) is 0 Å². The van der Waals surface area contributed by atoms with E-state index in [4.69, 9.17) is 0 Å². The lowest BCUT2D eigenvalue weighted by molar-refractivity contribution is 0.659. The molecule has 0 fully saturated rings. The van der Waals surface area contributed by atoms with Crippen LogP contribution in [-0.4, -0.2) is 22.0 Å². The zero-order chi connectivity index (χ0) is 15.9. The Morgan fingerprint density at radius 1 is 0.545 bits per heavy atom. The standard InChI is InChI=1S/C20H36S2/c1-3-5-7-9-11-17-21-19-13-15-20(16-14-19)22-18-12-10-8-6-4-2/h13-16,19-20H,3-12,17-18H2,1-2H3. The van der Waals surface area contributed by atoms with Crippen LogP contribution in [-0.2, 0) is 0 Å². The van der Waals surface area contributed by atoms with Crippen molar-refractivity contribution in [3.63, 3.8) is 0 Å². The maximum atomic E-state index is 2.42. The van der Waals surface area contributed by atoms with Crippen LogP contribution in [0.2, 0.25) is 0 Å². The number of hydrogen-bond acceptors (Lipinski definition) is 2. The Labute approximate surface area is 148 Å². The highest BCUT2D eigenvalue weighted by molar-refractivity contribution is 8.00. The van der Waals surface area contributed by atoms with Gasteiger partial charge in [0.05, 0.1) is 0 Å². The van der Waals surface area contributed by atoms with Crippen LogP contribution in [0, 0.1) is 0 Å². The Bertz CT molecular complexity index is 254. The van der Waals surface area contributed by atoms with E-state index in [-0.39, 0.29) is 0 Å². The molecular formula is C20H36S2. The van der Waals surface area contributed by atoms with Gasteiger partial charge in [0, 0.05) is 10.5 Å². The van der Waals surface area contributed by atoms with Gasteiger partial charge in [0.25, 0.3) is 0 Å². The molecule has 0 aromatic carbocycles. The second-order valence-corrected chi connectivity index (χ2v) is 8.84. The topological polar surface area (TPSA) is 0 Å². The number of hydrogen-bond donors (Lipinski definition) is 0. The molecule has 0 saturated heterocycles. The predicted octanol–water partition coefficient (Wildman–Crippen LogP) is 7.26. The summed E-state index contributed by atoms with van der Waals surface area (Å²) in [6.07, 6.45) is 23.6. The minimum absolute atomic E-state index is 0.632. The molecule has 0 nitrogen and oxygen atoms in total. The summed E-state index contributed by atoms with van der Waals surface area (Å²) >= 11 is 4.22. The molecule has 1 aliphatic rings. The maximum absolute atomic E-state index is 2.42. The first-order valence-electron chi connectivity index (χ1n) is 9.46. The monoisotopic (exact) mass is 340 g/mol. The SMILES string of the molecule is CCCCCCCSC1C=CC(SCCCCCCC)C=C1. The first kappa shape index (κ1) is 20.2. The average molecular weight is 341 g/mol. The van der Waals surface area contributed by atoms with Crippen molar-refractivity contribution >= 4 is 23.5 Å². The lowest BCUT2D eigenvalue weighted by Crippen LogP contribution is -2.06. The Kier molecular flexibility index (Phi) is 13.6. The highest BCUT2D eigenvalue weighted by Gasteiger charge is 2.09. The van der Waals surface area contributed by atoms with Gasteiger partial charge >= 0.3 is 0 Å². The van der Waals surface area contributed by atoms with Crippen molar-refractivity contribution in [2.45, 2.75) is 88.6 Å². The Morgan fingerprint density at radius 3 is 1.27 bits per heavy atom. The van der Waals surface area contributed by atoms with Gasteiger partial charge in [0.2, 0.25) is 0 Å². The summed E-state index contributed by atoms with van der Waals surface area (Å²) in [5.74, 6) is 2.64.